The second kappa shape index (κ2) is 7.87. The summed E-state index contributed by atoms with van der Waals surface area (Å²) in [6.07, 6.45) is 1.85. The first-order chi connectivity index (χ1) is 14.0. The van der Waals surface area contributed by atoms with E-state index in [2.05, 4.69) is 5.32 Å². The fourth-order valence-corrected chi connectivity index (χ4v) is 4.19. The summed E-state index contributed by atoms with van der Waals surface area (Å²) in [7, 11) is 0. The van der Waals surface area contributed by atoms with Crippen molar-refractivity contribution in [2.75, 3.05) is 37.0 Å². The molecule has 0 spiro atoms. The van der Waals surface area contributed by atoms with Gasteiger partial charge in [-0.2, -0.15) is 11.8 Å². The molecule has 150 valence electrons. The maximum Gasteiger partial charge on any atom is 0.256 e. The number of amides is 3. The third-order valence-corrected chi connectivity index (χ3v) is 5.79. The van der Waals surface area contributed by atoms with Gasteiger partial charge in [-0.15, -0.1) is 0 Å². The number of hydrogen-bond donors (Lipinski definition) is 1. The molecular formula is C21H20FN3O3S. The van der Waals surface area contributed by atoms with Crippen molar-refractivity contribution in [3.05, 3.63) is 53.8 Å². The van der Waals surface area contributed by atoms with Crippen molar-refractivity contribution >= 4 is 35.2 Å². The van der Waals surface area contributed by atoms with Crippen LogP contribution in [0.25, 0.3) is 11.1 Å². The van der Waals surface area contributed by atoms with Crippen LogP contribution >= 0.6 is 11.8 Å². The third-order valence-electron chi connectivity index (χ3n) is 5.26. The fourth-order valence-electron chi connectivity index (χ4n) is 3.76. The molecule has 1 fully saturated rings. The van der Waals surface area contributed by atoms with Gasteiger partial charge < -0.3 is 15.1 Å². The summed E-state index contributed by atoms with van der Waals surface area (Å²) in [6.45, 7) is 0.836. The Morgan fingerprint density at radius 2 is 1.97 bits per heavy atom. The van der Waals surface area contributed by atoms with Crippen molar-refractivity contribution in [2.24, 2.45) is 0 Å². The first-order valence-corrected chi connectivity index (χ1v) is 10.7. The number of piperazine rings is 1. The lowest BCUT2D eigenvalue weighted by atomic mass is 10.0. The van der Waals surface area contributed by atoms with Crippen molar-refractivity contribution in [2.45, 2.75) is 6.04 Å². The SMILES string of the molecule is CSCC(=O)N1CCN2C(=O)c3cc(-c4ccccc4F)ccc3NC(=O)C2C1. The van der Waals surface area contributed by atoms with E-state index < -0.39 is 6.04 Å². The Labute approximate surface area is 172 Å². The number of benzene rings is 2. The summed E-state index contributed by atoms with van der Waals surface area (Å²) in [5.74, 6) is -0.692. The first kappa shape index (κ1) is 19.4. The Morgan fingerprint density at radius 1 is 1.17 bits per heavy atom. The number of anilines is 1. The topological polar surface area (TPSA) is 69.7 Å². The molecule has 0 radical (unpaired) electrons. The van der Waals surface area contributed by atoms with Crippen LogP contribution in [0.3, 0.4) is 0 Å². The number of hydrogen-bond acceptors (Lipinski definition) is 4. The van der Waals surface area contributed by atoms with Gasteiger partial charge in [-0.25, -0.2) is 4.39 Å². The van der Waals surface area contributed by atoms with Gasteiger partial charge in [-0.1, -0.05) is 24.3 Å². The van der Waals surface area contributed by atoms with Crippen LogP contribution in [0.15, 0.2) is 42.5 Å². The van der Waals surface area contributed by atoms with Crippen LogP contribution in [0.5, 0.6) is 0 Å². The van der Waals surface area contributed by atoms with Crippen LogP contribution in [0.2, 0.25) is 0 Å². The highest BCUT2D eigenvalue weighted by Crippen LogP contribution is 2.31. The highest BCUT2D eigenvalue weighted by molar-refractivity contribution is 7.99. The van der Waals surface area contributed by atoms with E-state index in [0.717, 1.165) is 0 Å². The molecule has 2 aliphatic heterocycles. The Kier molecular flexibility index (Phi) is 5.27. The molecule has 4 rings (SSSR count). The molecule has 1 unspecified atom stereocenters. The molecule has 0 aromatic heterocycles. The zero-order valence-corrected chi connectivity index (χ0v) is 16.7. The summed E-state index contributed by atoms with van der Waals surface area (Å²) in [5, 5.41) is 2.80. The summed E-state index contributed by atoms with van der Waals surface area (Å²) in [4.78, 5) is 41.4. The van der Waals surface area contributed by atoms with E-state index in [1.165, 1.54) is 22.7 Å². The number of rotatable bonds is 3. The lowest BCUT2D eigenvalue weighted by molar-refractivity contribution is -0.133. The summed E-state index contributed by atoms with van der Waals surface area (Å²) in [6, 6.07) is 10.5. The zero-order valence-electron chi connectivity index (χ0n) is 15.9. The molecule has 2 aromatic carbocycles. The van der Waals surface area contributed by atoms with Crippen LogP contribution in [0.4, 0.5) is 10.1 Å². The number of carbonyl (C=O) groups excluding carboxylic acids is 3. The van der Waals surface area contributed by atoms with Crippen molar-refractivity contribution in [3.63, 3.8) is 0 Å². The molecule has 0 saturated carbocycles. The van der Waals surface area contributed by atoms with E-state index in [4.69, 9.17) is 0 Å². The Balaban J connectivity index is 1.66. The molecule has 29 heavy (non-hydrogen) atoms. The predicted molar refractivity (Wildman–Crippen MR) is 110 cm³/mol. The van der Waals surface area contributed by atoms with Gasteiger partial charge >= 0.3 is 0 Å². The normalized spacial score (nSPS) is 18.6. The summed E-state index contributed by atoms with van der Waals surface area (Å²) >= 11 is 1.43. The summed E-state index contributed by atoms with van der Waals surface area (Å²) < 4.78 is 14.2. The van der Waals surface area contributed by atoms with Gasteiger partial charge in [-0.3, -0.25) is 14.4 Å². The average Bonchev–Trinajstić information content (AvgIpc) is 2.83. The second-order valence-corrected chi connectivity index (χ2v) is 7.88. The lowest BCUT2D eigenvalue weighted by Gasteiger charge is -2.39. The minimum absolute atomic E-state index is 0.0407. The zero-order chi connectivity index (χ0) is 20.5. The van der Waals surface area contributed by atoms with Crippen LogP contribution < -0.4 is 5.32 Å². The van der Waals surface area contributed by atoms with E-state index in [-0.39, 0.29) is 36.6 Å². The maximum atomic E-state index is 14.2. The monoisotopic (exact) mass is 413 g/mol. The van der Waals surface area contributed by atoms with Crippen LogP contribution in [0.1, 0.15) is 10.4 Å². The molecular weight excluding hydrogens is 393 g/mol. The van der Waals surface area contributed by atoms with Gasteiger partial charge in [0.05, 0.1) is 23.5 Å². The quantitative estimate of drug-likeness (QED) is 0.839. The smallest absolute Gasteiger partial charge is 0.256 e. The van der Waals surface area contributed by atoms with Gasteiger partial charge in [0, 0.05) is 18.7 Å². The summed E-state index contributed by atoms with van der Waals surface area (Å²) in [5.41, 5.74) is 1.68. The fraction of sp³-hybridized carbons (Fsp3) is 0.286. The van der Waals surface area contributed by atoms with E-state index in [0.29, 0.717) is 34.7 Å². The molecule has 8 heteroatoms. The number of thioether (sulfide) groups is 1. The Morgan fingerprint density at radius 3 is 2.72 bits per heavy atom. The number of halogens is 1. The third kappa shape index (κ3) is 3.60. The molecule has 2 aromatic rings. The van der Waals surface area contributed by atoms with Crippen molar-refractivity contribution < 1.29 is 18.8 Å². The minimum atomic E-state index is -0.744. The first-order valence-electron chi connectivity index (χ1n) is 9.27. The van der Waals surface area contributed by atoms with Gasteiger partial charge in [0.25, 0.3) is 5.91 Å². The number of fused-ring (bicyclic) bond motifs is 2. The molecule has 0 aliphatic carbocycles. The Bertz CT molecular complexity index is 997. The van der Waals surface area contributed by atoms with E-state index in [1.807, 2.05) is 6.26 Å². The second-order valence-electron chi connectivity index (χ2n) is 7.02. The minimum Gasteiger partial charge on any atom is -0.338 e. The van der Waals surface area contributed by atoms with Crippen molar-refractivity contribution in [3.8, 4) is 11.1 Å². The number of carbonyl (C=O) groups is 3. The van der Waals surface area contributed by atoms with Gasteiger partial charge in [-0.05, 0) is 30.0 Å². The molecule has 1 saturated heterocycles. The Hall–Kier alpha value is -2.87. The largest absolute Gasteiger partial charge is 0.338 e. The molecule has 6 nitrogen and oxygen atoms in total. The van der Waals surface area contributed by atoms with Gasteiger partial charge in [0.1, 0.15) is 11.9 Å². The average molecular weight is 413 g/mol. The van der Waals surface area contributed by atoms with Gasteiger partial charge in [0.15, 0.2) is 0 Å². The van der Waals surface area contributed by atoms with E-state index >= 15 is 0 Å². The molecule has 3 amide bonds. The molecule has 2 heterocycles. The molecule has 1 atom stereocenters. The molecule has 2 aliphatic rings. The highest BCUT2D eigenvalue weighted by Gasteiger charge is 2.40. The number of nitrogens with zero attached hydrogens (tertiary/aromatic N) is 2. The van der Waals surface area contributed by atoms with Crippen LogP contribution in [0, 0.1) is 5.82 Å². The van der Waals surface area contributed by atoms with Crippen LogP contribution in [-0.2, 0) is 9.59 Å². The standard InChI is InChI=1S/C21H20FN3O3S/c1-29-12-19(26)24-8-9-25-18(11-24)20(27)23-17-7-6-13(10-15(17)21(25)28)14-4-2-3-5-16(14)22/h2-7,10,18H,8-9,11-12H2,1H3,(H,23,27). The number of nitrogens with one attached hydrogen (secondary N) is 1. The lowest BCUT2D eigenvalue weighted by Crippen LogP contribution is -2.59. The van der Waals surface area contributed by atoms with Gasteiger partial charge in [0.2, 0.25) is 11.8 Å². The molecule has 1 N–H and O–H groups in total. The van der Waals surface area contributed by atoms with Crippen LogP contribution in [-0.4, -0.2) is 65.2 Å². The van der Waals surface area contributed by atoms with E-state index in [9.17, 15) is 18.8 Å². The highest BCUT2D eigenvalue weighted by atomic mass is 32.2. The maximum absolute atomic E-state index is 14.2. The van der Waals surface area contributed by atoms with E-state index in [1.54, 1.807) is 41.3 Å². The van der Waals surface area contributed by atoms with Crippen molar-refractivity contribution in [1.82, 2.24) is 9.80 Å². The van der Waals surface area contributed by atoms with Crippen molar-refractivity contribution in [1.29, 1.82) is 0 Å². The predicted octanol–water partition coefficient (Wildman–Crippen LogP) is 2.46. The molecule has 0 bridgehead atoms.